The third-order valence-corrected chi connectivity index (χ3v) is 1.48. The molecular formula is C5H5F6IO2. The molecule has 0 fully saturated rings. The van der Waals surface area contributed by atoms with Gasteiger partial charge >= 0.3 is 12.4 Å². The van der Waals surface area contributed by atoms with Crippen molar-refractivity contribution >= 4 is 22.6 Å². The number of rotatable bonds is 4. The molecule has 0 aromatic carbocycles. The van der Waals surface area contributed by atoms with Crippen molar-refractivity contribution in [2.45, 2.75) is 16.6 Å². The Morgan fingerprint density at radius 2 is 1.14 bits per heavy atom. The Balaban J connectivity index is 3.62. The van der Waals surface area contributed by atoms with Crippen molar-refractivity contribution < 1.29 is 35.8 Å². The fraction of sp³-hybridized carbons (Fsp3) is 1.00. The highest BCUT2D eigenvalue weighted by Gasteiger charge is 2.32. The highest BCUT2D eigenvalue weighted by Crippen LogP contribution is 2.20. The molecule has 0 N–H and O–H groups in total. The first-order valence-electron chi connectivity index (χ1n) is 3.11. The highest BCUT2D eigenvalue weighted by molar-refractivity contribution is 14.1. The van der Waals surface area contributed by atoms with Crippen molar-refractivity contribution in [2.24, 2.45) is 0 Å². The van der Waals surface area contributed by atoms with Gasteiger partial charge in [0, 0.05) is 0 Å². The van der Waals surface area contributed by atoms with Crippen LogP contribution in [0, 0.1) is 0 Å². The zero-order valence-corrected chi connectivity index (χ0v) is 8.61. The van der Waals surface area contributed by atoms with E-state index in [4.69, 9.17) is 0 Å². The lowest BCUT2D eigenvalue weighted by Gasteiger charge is -2.14. The minimum atomic E-state index is -4.58. The zero-order chi connectivity index (χ0) is 11.4. The topological polar surface area (TPSA) is 18.5 Å². The molecule has 9 heteroatoms. The van der Waals surface area contributed by atoms with Crippen LogP contribution in [0.2, 0.25) is 0 Å². The van der Waals surface area contributed by atoms with Crippen LogP contribution in [0.3, 0.4) is 0 Å². The van der Waals surface area contributed by atoms with Gasteiger partial charge in [0.2, 0.25) is 4.30 Å². The SMILES string of the molecule is FC(F)(F)COC(I)OCC(F)(F)F. The quantitative estimate of drug-likeness (QED) is 0.340. The highest BCUT2D eigenvalue weighted by atomic mass is 127. The molecule has 0 aromatic heterocycles. The third kappa shape index (κ3) is 10.3. The monoisotopic (exact) mass is 338 g/mol. The van der Waals surface area contributed by atoms with Crippen molar-refractivity contribution in [1.29, 1.82) is 0 Å². The molecule has 0 bridgehead atoms. The van der Waals surface area contributed by atoms with Crippen LogP contribution in [0.25, 0.3) is 0 Å². The fourth-order valence-electron chi connectivity index (χ4n) is 0.368. The van der Waals surface area contributed by atoms with E-state index in [0.717, 1.165) is 0 Å². The minimum absolute atomic E-state index is 1.18. The van der Waals surface area contributed by atoms with Crippen LogP contribution in [0.1, 0.15) is 0 Å². The number of alkyl halides is 7. The van der Waals surface area contributed by atoms with Gasteiger partial charge in [-0.3, -0.25) is 0 Å². The molecule has 0 aromatic rings. The normalized spacial score (nSPS) is 13.7. The summed E-state index contributed by atoms with van der Waals surface area (Å²) in [5.41, 5.74) is 0. The molecule has 0 rings (SSSR count). The summed E-state index contributed by atoms with van der Waals surface area (Å²) in [7, 11) is 0. The maximum Gasteiger partial charge on any atom is 0.411 e. The van der Waals surface area contributed by atoms with Gasteiger partial charge in [0.25, 0.3) is 0 Å². The van der Waals surface area contributed by atoms with Crippen LogP contribution in [0.15, 0.2) is 0 Å². The van der Waals surface area contributed by atoms with Gasteiger partial charge in [-0.2, -0.15) is 26.3 Å². The summed E-state index contributed by atoms with van der Waals surface area (Å²) in [6.07, 6.45) is -9.16. The van der Waals surface area contributed by atoms with Gasteiger partial charge in [0.05, 0.1) is 0 Å². The van der Waals surface area contributed by atoms with Crippen LogP contribution in [0.4, 0.5) is 26.3 Å². The Labute approximate surface area is 88.7 Å². The molecule has 0 aliphatic heterocycles. The number of hydrogen-bond acceptors (Lipinski definition) is 2. The van der Waals surface area contributed by atoms with Gasteiger partial charge in [-0.05, 0) is 22.6 Å². The van der Waals surface area contributed by atoms with Gasteiger partial charge in [-0.1, -0.05) is 0 Å². The van der Waals surface area contributed by atoms with Crippen molar-refractivity contribution in [3.63, 3.8) is 0 Å². The van der Waals surface area contributed by atoms with E-state index >= 15 is 0 Å². The average molecular weight is 338 g/mol. The largest absolute Gasteiger partial charge is 0.411 e. The predicted molar refractivity (Wildman–Crippen MR) is 41.8 cm³/mol. The molecule has 0 saturated carbocycles. The molecule has 0 saturated heterocycles. The Bertz CT molecular complexity index is 149. The van der Waals surface area contributed by atoms with Crippen LogP contribution in [-0.2, 0) is 9.47 Å². The standard InChI is InChI=1S/C5H5F6IO2/c6-4(7,8)1-13-3(12)14-2-5(9,10)11/h3H,1-2H2. The second kappa shape index (κ2) is 5.35. The number of halogens is 7. The van der Waals surface area contributed by atoms with Crippen molar-refractivity contribution in [3.05, 3.63) is 0 Å². The molecule has 0 unspecified atom stereocenters. The Morgan fingerprint density at radius 1 is 0.857 bits per heavy atom. The minimum Gasteiger partial charge on any atom is -0.334 e. The summed E-state index contributed by atoms with van der Waals surface area (Å²) < 4.78 is 75.2. The predicted octanol–water partition coefficient (Wildman–Crippen LogP) is 2.86. The van der Waals surface area contributed by atoms with E-state index in [-0.39, 0.29) is 0 Å². The first kappa shape index (κ1) is 14.2. The summed E-state index contributed by atoms with van der Waals surface area (Å²) in [5, 5.41) is 0. The summed E-state index contributed by atoms with van der Waals surface area (Å²) in [4.78, 5) is 0. The van der Waals surface area contributed by atoms with E-state index in [1.165, 1.54) is 22.6 Å². The van der Waals surface area contributed by atoms with E-state index in [1.54, 1.807) is 0 Å². The summed E-state index contributed by atoms with van der Waals surface area (Å²) in [6, 6.07) is 0. The lowest BCUT2D eigenvalue weighted by molar-refractivity contribution is -0.230. The smallest absolute Gasteiger partial charge is 0.334 e. The molecule has 0 atom stereocenters. The first-order chi connectivity index (χ1) is 6.10. The lowest BCUT2D eigenvalue weighted by Crippen LogP contribution is -2.25. The summed E-state index contributed by atoms with van der Waals surface area (Å²) in [5.74, 6) is 0. The van der Waals surface area contributed by atoms with Gasteiger partial charge in [-0.25, -0.2) is 0 Å². The van der Waals surface area contributed by atoms with E-state index in [2.05, 4.69) is 9.47 Å². The molecule has 2 nitrogen and oxygen atoms in total. The maximum absolute atomic E-state index is 11.5. The molecular weight excluding hydrogens is 333 g/mol. The molecule has 0 aliphatic carbocycles. The van der Waals surface area contributed by atoms with Crippen molar-refractivity contribution in [3.8, 4) is 0 Å². The zero-order valence-electron chi connectivity index (χ0n) is 6.45. The average Bonchev–Trinajstić information content (AvgIpc) is 1.94. The second-order valence-electron chi connectivity index (χ2n) is 2.13. The molecule has 14 heavy (non-hydrogen) atoms. The Hall–Kier alpha value is 0.230. The van der Waals surface area contributed by atoms with E-state index in [0.29, 0.717) is 0 Å². The van der Waals surface area contributed by atoms with Crippen LogP contribution < -0.4 is 0 Å². The lowest BCUT2D eigenvalue weighted by atomic mass is 10.7. The number of hydrogen-bond donors (Lipinski definition) is 0. The van der Waals surface area contributed by atoms with Crippen LogP contribution in [0.5, 0.6) is 0 Å². The molecule has 86 valence electrons. The second-order valence-corrected chi connectivity index (χ2v) is 3.14. The third-order valence-electron chi connectivity index (χ3n) is 0.756. The van der Waals surface area contributed by atoms with Crippen LogP contribution in [-0.4, -0.2) is 29.9 Å². The Morgan fingerprint density at radius 3 is 1.36 bits per heavy atom. The first-order valence-corrected chi connectivity index (χ1v) is 4.35. The molecule has 0 amide bonds. The van der Waals surface area contributed by atoms with Gasteiger partial charge in [-0.15, -0.1) is 0 Å². The summed E-state index contributed by atoms with van der Waals surface area (Å²) >= 11 is 1.18. The maximum atomic E-state index is 11.5. The fourth-order valence-corrected chi connectivity index (χ4v) is 0.728. The van der Waals surface area contributed by atoms with Crippen LogP contribution >= 0.6 is 22.6 Å². The number of ether oxygens (including phenoxy) is 2. The molecule has 0 spiro atoms. The van der Waals surface area contributed by atoms with Crippen molar-refractivity contribution in [2.75, 3.05) is 13.2 Å². The molecule has 0 radical (unpaired) electrons. The molecule has 0 heterocycles. The molecule has 0 aliphatic rings. The van der Waals surface area contributed by atoms with E-state index in [1.807, 2.05) is 0 Å². The van der Waals surface area contributed by atoms with Crippen molar-refractivity contribution in [1.82, 2.24) is 0 Å². The Kier molecular flexibility index (Phi) is 5.44. The van der Waals surface area contributed by atoms with E-state index < -0.39 is 29.9 Å². The van der Waals surface area contributed by atoms with E-state index in [9.17, 15) is 26.3 Å². The van der Waals surface area contributed by atoms with Gasteiger partial charge in [0.15, 0.2) is 0 Å². The van der Waals surface area contributed by atoms with Gasteiger partial charge < -0.3 is 9.47 Å². The van der Waals surface area contributed by atoms with Gasteiger partial charge in [0.1, 0.15) is 13.2 Å². The summed E-state index contributed by atoms with van der Waals surface area (Å²) in [6.45, 7) is -3.28.